The number of anilines is 1. The van der Waals surface area contributed by atoms with Crippen molar-refractivity contribution >= 4 is 18.2 Å². The molecule has 3 N–H and O–H groups in total. The average Bonchev–Trinajstić information content (AvgIpc) is 2.48. The Bertz CT molecular complexity index is 339. The number of ether oxygens (including phenoxy) is 1. The Morgan fingerprint density at radius 1 is 1.69 bits per heavy atom. The van der Waals surface area contributed by atoms with Gasteiger partial charge in [-0.15, -0.1) is 5.10 Å². The lowest BCUT2D eigenvalue weighted by atomic mass is 10.1. The topological polar surface area (TPSA) is 68.9 Å². The molecule has 1 atom stereocenters. The molecule has 0 spiro atoms. The van der Waals surface area contributed by atoms with Crippen molar-refractivity contribution in [1.29, 1.82) is 0 Å². The molecule has 0 bridgehead atoms. The summed E-state index contributed by atoms with van der Waals surface area (Å²) in [5.41, 5.74) is 5.67. The van der Waals surface area contributed by atoms with E-state index in [2.05, 4.69) is 10.2 Å². The van der Waals surface area contributed by atoms with Crippen LogP contribution in [0, 0.1) is 4.77 Å². The van der Waals surface area contributed by atoms with Crippen LogP contribution in [0.25, 0.3) is 0 Å². The van der Waals surface area contributed by atoms with Gasteiger partial charge < -0.3 is 10.5 Å². The largest absolute Gasteiger partial charge is 0.379 e. The van der Waals surface area contributed by atoms with Gasteiger partial charge in [0.1, 0.15) is 0 Å². The molecule has 0 aromatic carbocycles. The third-order valence-corrected chi connectivity index (χ3v) is 2.52. The normalized spacial score (nSPS) is 23.2. The van der Waals surface area contributed by atoms with Crippen LogP contribution in [0.3, 0.4) is 0 Å². The number of aromatic amines is 1. The van der Waals surface area contributed by atoms with Crippen LogP contribution >= 0.6 is 12.2 Å². The molecule has 1 aliphatic heterocycles. The molecule has 0 radical (unpaired) electrons. The van der Waals surface area contributed by atoms with Gasteiger partial charge in [-0.25, -0.2) is 5.10 Å². The highest BCUT2D eigenvalue weighted by Gasteiger charge is 2.18. The molecule has 1 aromatic heterocycles. The minimum atomic E-state index is 0.250. The molecular weight excluding hydrogens is 188 g/mol. The van der Waals surface area contributed by atoms with E-state index in [1.54, 1.807) is 0 Å². The lowest BCUT2D eigenvalue weighted by Crippen LogP contribution is -2.22. The van der Waals surface area contributed by atoms with E-state index < -0.39 is 0 Å². The van der Waals surface area contributed by atoms with Gasteiger partial charge in [-0.3, -0.25) is 4.57 Å². The maximum absolute atomic E-state index is 5.67. The second-order valence-electron chi connectivity index (χ2n) is 3.13. The van der Waals surface area contributed by atoms with Gasteiger partial charge in [-0.1, -0.05) is 0 Å². The zero-order valence-electron chi connectivity index (χ0n) is 7.19. The van der Waals surface area contributed by atoms with Gasteiger partial charge in [0.05, 0.1) is 12.6 Å². The standard InChI is InChI=1S/C7H12N4OS/c8-6-9-10-7(13)11(6)5-2-1-3-12-4-5/h5H,1-4H2,(H2,8,9)(H,10,13). The van der Waals surface area contributed by atoms with Crippen molar-refractivity contribution in [3.8, 4) is 0 Å². The molecule has 2 heterocycles. The molecule has 1 aromatic rings. The predicted octanol–water partition coefficient (Wildman–Crippen LogP) is 0.874. The van der Waals surface area contributed by atoms with Crippen molar-refractivity contribution in [1.82, 2.24) is 14.8 Å². The number of hydrogen-bond acceptors (Lipinski definition) is 4. The fraction of sp³-hybridized carbons (Fsp3) is 0.714. The Hall–Kier alpha value is -0.880. The van der Waals surface area contributed by atoms with Crippen molar-refractivity contribution in [3.05, 3.63) is 4.77 Å². The Balaban J connectivity index is 2.27. The van der Waals surface area contributed by atoms with E-state index in [1.807, 2.05) is 4.57 Å². The van der Waals surface area contributed by atoms with E-state index >= 15 is 0 Å². The molecule has 2 rings (SSSR count). The van der Waals surface area contributed by atoms with Gasteiger partial charge in [0, 0.05) is 6.61 Å². The minimum Gasteiger partial charge on any atom is -0.379 e. The van der Waals surface area contributed by atoms with Crippen LogP contribution in [-0.2, 0) is 4.74 Å². The number of nitrogen functional groups attached to an aromatic ring is 1. The van der Waals surface area contributed by atoms with E-state index in [-0.39, 0.29) is 6.04 Å². The molecule has 0 saturated carbocycles. The van der Waals surface area contributed by atoms with E-state index in [0.717, 1.165) is 19.4 Å². The molecule has 1 saturated heterocycles. The number of H-pyrrole nitrogens is 1. The second-order valence-corrected chi connectivity index (χ2v) is 3.51. The van der Waals surface area contributed by atoms with Crippen LogP contribution in [0.2, 0.25) is 0 Å². The summed E-state index contributed by atoms with van der Waals surface area (Å²) in [6.45, 7) is 1.51. The monoisotopic (exact) mass is 200 g/mol. The van der Waals surface area contributed by atoms with Crippen molar-refractivity contribution < 1.29 is 4.74 Å². The zero-order chi connectivity index (χ0) is 9.26. The first-order valence-corrected chi connectivity index (χ1v) is 4.70. The number of nitrogens with two attached hydrogens (primary N) is 1. The zero-order valence-corrected chi connectivity index (χ0v) is 8.01. The smallest absolute Gasteiger partial charge is 0.220 e. The molecule has 1 unspecified atom stereocenters. The molecule has 1 aliphatic rings. The number of nitrogens with one attached hydrogen (secondary N) is 1. The third-order valence-electron chi connectivity index (χ3n) is 2.23. The van der Waals surface area contributed by atoms with Crippen LogP contribution < -0.4 is 5.73 Å². The summed E-state index contributed by atoms with van der Waals surface area (Å²) in [4.78, 5) is 0. The first kappa shape index (κ1) is 8.71. The summed E-state index contributed by atoms with van der Waals surface area (Å²) in [5, 5.41) is 6.53. The first-order valence-electron chi connectivity index (χ1n) is 4.29. The molecule has 6 heteroatoms. The molecule has 5 nitrogen and oxygen atoms in total. The Morgan fingerprint density at radius 3 is 3.08 bits per heavy atom. The minimum absolute atomic E-state index is 0.250. The fourth-order valence-electron chi connectivity index (χ4n) is 1.60. The molecule has 13 heavy (non-hydrogen) atoms. The number of nitrogens with zero attached hydrogens (tertiary/aromatic N) is 2. The van der Waals surface area contributed by atoms with Crippen LogP contribution in [0.5, 0.6) is 0 Å². The highest BCUT2D eigenvalue weighted by atomic mass is 32.1. The van der Waals surface area contributed by atoms with Crippen LogP contribution in [0.4, 0.5) is 5.95 Å². The van der Waals surface area contributed by atoms with Crippen LogP contribution in [0.15, 0.2) is 0 Å². The highest BCUT2D eigenvalue weighted by molar-refractivity contribution is 7.71. The van der Waals surface area contributed by atoms with Gasteiger partial charge in [-0.2, -0.15) is 0 Å². The lowest BCUT2D eigenvalue weighted by Gasteiger charge is -2.23. The van der Waals surface area contributed by atoms with E-state index in [1.165, 1.54) is 0 Å². The van der Waals surface area contributed by atoms with Crippen molar-refractivity contribution in [3.63, 3.8) is 0 Å². The summed E-state index contributed by atoms with van der Waals surface area (Å²) in [7, 11) is 0. The quantitative estimate of drug-likeness (QED) is 0.660. The van der Waals surface area contributed by atoms with Gasteiger partial charge >= 0.3 is 0 Å². The van der Waals surface area contributed by atoms with Gasteiger partial charge in [0.2, 0.25) is 5.95 Å². The second kappa shape index (κ2) is 3.47. The molecule has 1 fully saturated rings. The number of hydrogen-bond donors (Lipinski definition) is 2. The number of aromatic nitrogens is 3. The first-order chi connectivity index (χ1) is 6.29. The van der Waals surface area contributed by atoms with E-state index in [4.69, 9.17) is 22.7 Å². The summed E-state index contributed by atoms with van der Waals surface area (Å²) in [6.07, 6.45) is 2.11. The van der Waals surface area contributed by atoms with Gasteiger partial charge in [0.15, 0.2) is 4.77 Å². The van der Waals surface area contributed by atoms with Crippen molar-refractivity contribution in [2.24, 2.45) is 0 Å². The highest BCUT2D eigenvalue weighted by Crippen LogP contribution is 2.21. The van der Waals surface area contributed by atoms with E-state index in [0.29, 0.717) is 17.3 Å². The fourth-order valence-corrected chi connectivity index (χ4v) is 1.89. The maximum Gasteiger partial charge on any atom is 0.220 e. The average molecular weight is 200 g/mol. The predicted molar refractivity (Wildman–Crippen MR) is 50.9 cm³/mol. The Labute approximate surface area is 80.9 Å². The molecule has 72 valence electrons. The summed E-state index contributed by atoms with van der Waals surface area (Å²) in [6, 6.07) is 0.250. The molecular formula is C7H12N4OS. The molecule has 0 aliphatic carbocycles. The van der Waals surface area contributed by atoms with Crippen molar-refractivity contribution in [2.45, 2.75) is 18.9 Å². The van der Waals surface area contributed by atoms with Crippen LogP contribution in [0.1, 0.15) is 18.9 Å². The van der Waals surface area contributed by atoms with Gasteiger partial charge in [0.25, 0.3) is 0 Å². The van der Waals surface area contributed by atoms with Crippen LogP contribution in [-0.4, -0.2) is 28.0 Å². The lowest BCUT2D eigenvalue weighted by molar-refractivity contribution is 0.0593. The maximum atomic E-state index is 5.67. The Morgan fingerprint density at radius 2 is 2.54 bits per heavy atom. The SMILES string of the molecule is Nc1n[nH]c(=S)n1C1CCCOC1. The summed E-state index contributed by atoms with van der Waals surface area (Å²) < 4.78 is 7.76. The Kier molecular flexibility index (Phi) is 2.32. The number of rotatable bonds is 1. The van der Waals surface area contributed by atoms with Crippen molar-refractivity contribution in [2.75, 3.05) is 18.9 Å². The van der Waals surface area contributed by atoms with Gasteiger partial charge in [-0.05, 0) is 25.1 Å². The third kappa shape index (κ3) is 1.59. The summed E-state index contributed by atoms with van der Waals surface area (Å²) >= 11 is 5.06. The van der Waals surface area contributed by atoms with E-state index in [9.17, 15) is 0 Å². The summed E-state index contributed by atoms with van der Waals surface area (Å²) in [5.74, 6) is 0.445. The molecule has 0 amide bonds.